The average Bonchev–Trinajstić information content (AvgIpc) is 3.88. The number of anilines is 1. The second-order valence-corrected chi connectivity index (χ2v) is 19.8. The van der Waals surface area contributed by atoms with Crippen molar-refractivity contribution in [1.29, 1.82) is 0 Å². The van der Waals surface area contributed by atoms with Gasteiger partial charge in [0.1, 0.15) is 17.7 Å². The van der Waals surface area contributed by atoms with Gasteiger partial charge in [-0.2, -0.15) is 0 Å². The van der Waals surface area contributed by atoms with Crippen molar-refractivity contribution in [1.82, 2.24) is 30.6 Å². The van der Waals surface area contributed by atoms with E-state index in [0.717, 1.165) is 81.9 Å². The number of ether oxygens (including phenoxy) is 4. The van der Waals surface area contributed by atoms with E-state index in [-0.39, 0.29) is 25.1 Å². The van der Waals surface area contributed by atoms with Gasteiger partial charge in [-0.25, -0.2) is 19.8 Å². The standard InChI is InChI=1S/C51H69N7O8/c1-10-58-44-19-18-36(35-15-11-14-34(24-35)25-43(54-49(62)66-50(4,5)6)48(61)65-47(60)42-17-12-20-53-55-42)26-39(44)41(28-51(7,8)31-64-33(3)59)46(58)40-27-38(29-52-45(40)32(2)63-9)57-23-22-56-21-13-16-37(56)30-57/h11,14-15,18-19,24,26-27,29,32,37,42-43,53,55H,10,12-13,16-17,20-23,25,28,30-31H2,1-9H3,(H,54,62)/t32-,37+,42?,43-/m0/s1. The highest BCUT2D eigenvalue weighted by molar-refractivity contribution is 5.96. The number of amides is 1. The van der Waals surface area contributed by atoms with Crippen molar-refractivity contribution in [3.8, 4) is 22.4 Å². The first kappa shape index (κ1) is 48.6. The molecule has 0 radical (unpaired) electrons. The fourth-order valence-electron chi connectivity index (χ4n) is 9.57. The number of benzene rings is 2. The number of piperazine rings is 1. The number of methoxy groups -OCH3 is 1. The Balaban J connectivity index is 1.29. The van der Waals surface area contributed by atoms with Crippen LogP contribution in [-0.4, -0.2) is 109 Å². The van der Waals surface area contributed by atoms with E-state index in [4.69, 9.17) is 23.9 Å². The second-order valence-electron chi connectivity index (χ2n) is 19.8. The molecule has 3 N–H and O–H groups in total. The monoisotopic (exact) mass is 908 g/mol. The maximum absolute atomic E-state index is 13.6. The highest BCUT2D eigenvalue weighted by atomic mass is 16.6. The predicted octanol–water partition coefficient (Wildman–Crippen LogP) is 7.28. The molecule has 3 aliphatic rings. The molecule has 15 nitrogen and oxygen atoms in total. The van der Waals surface area contributed by atoms with Gasteiger partial charge in [-0.05, 0) is 114 Å². The van der Waals surface area contributed by atoms with Crippen LogP contribution >= 0.6 is 0 Å². The zero-order chi connectivity index (χ0) is 47.3. The molecule has 3 fully saturated rings. The third-order valence-electron chi connectivity index (χ3n) is 12.9. The van der Waals surface area contributed by atoms with Gasteiger partial charge in [-0.1, -0.05) is 44.2 Å². The lowest BCUT2D eigenvalue weighted by atomic mass is 9.84. The Morgan fingerprint density at radius 3 is 2.47 bits per heavy atom. The first-order valence-corrected chi connectivity index (χ1v) is 23.6. The third-order valence-corrected chi connectivity index (χ3v) is 12.9. The number of nitrogens with one attached hydrogen (secondary N) is 3. The summed E-state index contributed by atoms with van der Waals surface area (Å²) in [5, 5.41) is 3.72. The van der Waals surface area contributed by atoms with Gasteiger partial charge in [0.25, 0.3) is 0 Å². The lowest BCUT2D eigenvalue weighted by Gasteiger charge is -2.39. The number of alkyl carbamates (subject to hydrolysis) is 1. The molecule has 0 aliphatic carbocycles. The second kappa shape index (κ2) is 20.7. The molecular formula is C51H69N7O8. The molecule has 2 aromatic carbocycles. The van der Waals surface area contributed by atoms with Crippen molar-refractivity contribution < 1.29 is 38.1 Å². The number of hydrazine groups is 1. The highest BCUT2D eigenvalue weighted by Gasteiger charge is 2.34. The summed E-state index contributed by atoms with van der Waals surface area (Å²) in [4.78, 5) is 62.1. The molecule has 66 heavy (non-hydrogen) atoms. The molecule has 3 aliphatic heterocycles. The lowest BCUT2D eigenvalue weighted by molar-refractivity contribution is -0.163. The molecule has 1 unspecified atom stereocenters. The van der Waals surface area contributed by atoms with Crippen LogP contribution in [0.2, 0.25) is 0 Å². The highest BCUT2D eigenvalue weighted by Crippen LogP contribution is 2.43. The van der Waals surface area contributed by atoms with Crippen LogP contribution in [0.5, 0.6) is 0 Å². The van der Waals surface area contributed by atoms with E-state index in [0.29, 0.717) is 32.0 Å². The van der Waals surface area contributed by atoms with Crippen LogP contribution < -0.4 is 21.1 Å². The van der Waals surface area contributed by atoms with E-state index in [2.05, 4.69) is 75.6 Å². The normalized spacial score (nSPS) is 19.0. The summed E-state index contributed by atoms with van der Waals surface area (Å²) in [6, 6.07) is 15.2. The maximum Gasteiger partial charge on any atom is 0.408 e. The summed E-state index contributed by atoms with van der Waals surface area (Å²) in [5.74, 6) is -1.91. The fraction of sp³-hybridized carbons (Fsp3) is 0.549. The Hall–Kier alpha value is -5.35. The summed E-state index contributed by atoms with van der Waals surface area (Å²) in [7, 11) is 1.72. The van der Waals surface area contributed by atoms with Crippen LogP contribution in [0.25, 0.3) is 33.3 Å². The van der Waals surface area contributed by atoms with Crippen LogP contribution in [0.4, 0.5) is 10.5 Å². The largest absolute Gasteiger partial charge is 0.465 e. The Labute approximate surface area is 389 Å². The number of carbonyl (C=O) groups excluding carboxylic acids is 4. The van der Waals surface area contributed by atoms with Crippen molar-refractivity contribution in [2.75, 3.05) is 51.3 Å². The van der Waals surface area contributed by atoms with Gasteiger partial charge >= 0.3 is 24.0 Å². The number of aryl methyl sites for hydroxylation is 1. The predicted molar refractivity (Wildman–Crippen MR) is 255 cm³/mol. The first-order valence-electron chi connectivity index (χ1n) is 23.6. The number of nitrogens with zero attached hydrogens (tertiary/aromatic N) is 4. The maximum atomic E-state index is 13.6. The average molecular weight is 908 g/mol. The van der Waals surface area contributed by atoms with Gasteiger partial charge in [0.05, 0.1) is 36.0 Å². The topological polar surface area (TPSA) is 166 Å². The summed E-state index contributed by atoms with van der Waals surface area (Å²) in [5.41, 5.74) is 13.3. The van der Waals surface area contributed by atoms with Crippen LogP contribution in [-0.2, 0) is 52.7 Å². The molecular weight excluding hydrogens is 839 g/mol. The zero-order valence-electron chi connectivity index (χ0n) is 40.3. The van der Waals surface area contributed by atoms with Crippen LogP contribution in [0, 0.1) is 5.41 Å². The number of carbonyl (C=O) groups is 4. The minimum Gasteiger partial charge on any atom is -0.465 e. The molecule has 15 heteroatoms. The number of rotatable bonds is 15. The molecule has 4 atom stereocenters. The summed E-state index contributed by atoms with van der Waals surface area (Å²) in [6.45, 7) is 20.8. The smallest absolute Gasteiger partial charge is 0.408 e. The van der Waals surface area contributed by atoms with Gasteiger partial charge in [-0.3, -0.25) is 20.1 Å². The molecule has 7 rings (SSSR count). The molecule has 3 saturated heterocycles. The Morgan fingerprint density at radius 2 is 1.76 bits per heavy atom. The number of fused-ring (bicyclic) bond motifs is 2. The number of aromatic nitrogens is 2. The van der Waals surface area contributed by atoms with E-state index in [1.165, 1.54) is 26.3 Å². The van der Waals surface area contributed by atoms with Crippen molar-refractivity contribution in [3.05, 3.63) is 71.5 Å². The lowest BCUT2D eigenvalue weighted by Crippen LogP contribution is -2.52. The SMILES string of the molecule is CCn1c(-c2cc(N3CCN4CCC[C@@H]4C3)cnc2[C@H](C)OC)c(CC(C)(C)COC(C)=O)c2cc(-c3cccc(C[C@H](NC(=O)OC(C)(C)C)C(=O)OC(=O)C4CCCNN4)c3)ccc21. The molecule has 0 saturated carbocycles. The quantitative estimate of drug-likeness (QED) is 0.0620. The number of pyridine rings is 1. The van der Waals surface area contributed by atoms with Crippen molar-refractivity contribution in [2.45, 2.75) is 130 Å². The third kappa shape index (κ3) is 11.6. The summed E-state index contributed by atoms with van der Waals surface area (Å²) < 4.78 is 24.9. The van der Waals surface area contributed by atoms with Gasteiger partial charge < -0.3 is 33.7 Å². The Bertz CT molecular complexity index is 2400. The molecule has 0 spiro atoms. The molecule has 0 bridgehead atoms. The Kier molecular flexibility index (Phi) is 15.2. The van der Waals surface area contributed by atoms with Crippen LogP contribution in [0.3, 0.4) is 0 Å². The van der Waals surface area contributed by atoms with E-state index in [1.807, 2.05) is 37.4 Å². The Morgan fingerprint density at radius 1 is 0.970 bits per heavy atom. The molecule has 1 amide bonds. The molecule has 356 valence electrons. The van der Waals surface area contributed by atoms with Crippen LogP contribution in [0.1, 0.15) is 104 Å². The molecule has 5 heterocycles. The van der Waals surface area contributed by atoms with E-state index in [9.17, 15) is 19.2 Å². The van der Waals surface area contributed by atoms with Crippen molar-refractivity contribution in [3.63, 3.8) is 0 Å². The number of esters is 3. The summed E-state index contributed by atoms with van der Waals surface area (Å²) >= 11 is 0. The van der Waals surface area contributed by atoms with Gasteiger partial charge in [0, 0.05) is 81.1 Å². The summed E-state index contributed by atoms with van der Waals surface area (Å²) in [6.07, 6.45) is 5.27. The number of hydrogen-bond acceptors (Lipinski definition) is 13. The van der Waals surface area contributed by atoms with E-state index in [1.54, 1.807) is 27.9 Å². The van der Waals surface area contributed by atoms with E-state index < -0.39 is 41.1 Å². The molecule has 4 aromatic rings. The minimum absolute atomic E-state index is 0.0450. The first-order chi connectivity index (χ1) is 31.4. The van der Waals surface area contributed by atoms with Crippen molar-refractivity contribution in [2.24, 2.45) is 5.41 Å². The zero-order valence-corrected chi connectivity index (χ0v) is 40.3. The van der Waals surface area contributed by atoms with E-state index >= 15 is 0 Å². The van der Waals surface area contributed by atoms with Gasteiger partial charge in [0.15, 0.2) is 0 Å². The van der Waals surface area contributed by atoms with Gasteiger partial charge in [0.2, 0.25) is 0 Å². The number of hydrogen-bond donors (Lipinski definition) is 3. The molecule has 2 aromatic heterocycles. The van der Waals surface area contributed by atoms with Crippen LogP contribution in [0.15, 0.2) is 54.7 Å². The van der Waals surface area contributed by atoms with Crippen molar-refractivity contribution >= 4 is 40.6 Å². The van der Waals surface area contributed by atoms with Gasteiger partial charge in [-0.15, -0.1) is 0 Å². The fourth-order valence-corrected chi connectivity index (χ4v) is 9.57. The minimum atomic E-state index is -1.21.